The molecule has 3 atom stereocenters. The number of aliphatic hydroxyl groups is 1. The molecule has 106 valence electrons. The molecule has 1 aliphatic heterocycles. The Kier molecular flexibility index (Phi) is 5.28. The Labute approximate surface area is 119 Å². The minimum atomic E-state index is -0.920. The summed E-state index contributed by atoms with van der Waals surface area (Å²) in [5, 5.41) is 10.1. The number of β-lactam (4-membered cyclic amide) rings is 1. The largest absolute Gasteiger partial charge is 0.464 e. The molecule has 1 fully saturated rings. The standard InChI is InChI=1S/C12H16BrNO5/c1-6(13)5-8(15)9-10(18-3)11(16)14(9)7(2)12(17)19-4/h8-10,15H,1-2,5H2,3-4H3/t8-,9-,10+/m0/s1. The van der Waals surface area contributed by atoms with Crippen molar-refractivity contribution in [3.63, 3.8) is 0 Å². The van der Waals surface area contributed by atoms with E-state index in [0.717, 1.165) is 4.90 Å². The fraction of sp³-hybridized carbons (Fsp3) is 0.500. The van der Waals surface area contributed by atoms with E-state index < -0.39 is 30.1 Å². The van der Waals surface area contributed by atoms with E-state index in [1.807, 2.05) is 0 Å². The zero-order valence-corrected chi connectivity index (χ0v) is 12.3. The van der Waals surface area contributed by atoms with Gasteiger partial charge in [0.2, 0.25) is 0 Å². The van der Waals surface area contributed by atoms with Crippen molar-refractivity contribution < 1.29 is 24.2 Å². The number of carbonyl (C=O) groups excluding carboxylic acids is 2. The number of amides is 1. The summed E-state index contributed by atoms with van der Waals surface area (Å²) in [6.07, 6.45) is -1.50. The second-order valence-corrected chi connectivity index (χ2v) is 5.20. The molecule has 0 radical (unpaired) electrons. The fourth-order valence-electron chi connectivity index (χ4n) is 1.97. The third-order valence-electron chi connectivity index (χ3n) is 2.88. The van der Waals surface area contributed by atoms with Crippen molar-refractivity contribution in [1.82, 2.24) is 4.90 Å². The predicted molar refractivity (Wildman–Crippen MR) is 71.3 cm³/mol. The van der Waals surface area contributed by atoms with Gasteiger partial charge in [-0.3, -0.25) is 9.69 Å². The lowest BCUT2D eigenvalue weighted by molar-refractivity contribution is -0.178. The molecule has 6 nitrogen and oxygen atoms in total. The maximum absolute atomic E-state index is 11.8. The van der Waals surface area contributed by atoms with E-state index in [9.17, 15) is 14.7 Å². The molecular weight excluding hydrogens is 318 g/mol. The first-order valence-corrected chi connectivity index (χ1v) is 6.28. The summed E-state index contributed by atoms with van der Waals surface area (Å²) in [6, 6.07) is -0.682. The van der Waals surface area contributed by atoms with Crippen molar-refractivity contribution in [2.24, 2.45) is 0 Å². The van der Waals surface area contributed by atoms with Gasteiger partial charge in [-0.25, -0.2) is 4.79 Å². The van der Waals surface area contributed by atoms with Crippen LogP contribution >= 0.6 is 15.9 Å². The van der Waals surface area contributed by atoms with Crippen LogP contribution in [0, 0.1) is 0 Å². The summed E-state index contributed by atoms with van der Waals surface area (Å²) in [4.78, 5) is 24.4. The van der Waals surface area contributed by atoms with Gasteiger partial charge in [-0.2, -0.15) is 0 Å². The van der Waals surface area contributed by atoms with E-state index in [1.54, 1.807) is 0 Å². The molecule has 1 amide bonds. The van der Waals surface area contributed by atoms with Crippen LogP contribution in [-0.2, 0) is 19.1 Å². The van der Waals surface area contributed by atoms with Crippen molar-refractivity contribution in [1.29, 1.82) is 0 Å². The molecule has 1 aliphatic rings. The number of hydrogen-bond acceptors (Lipinski definition) is 5. The molecule has 0 saturated carbocycles. The molecular formula is C12H16BrNO5. The van der Waals surface area contributed by atoms with Crippen molar-refractivity contribution in [3.05, 3.63) is 23.3 Å². The zero-order valence-electron chi connectivity index (χ0n) is 10.8. The highest BCUT2D eigenvalue weighted by Gasteiger charge is 2.53. The lowest BCUT2D eigenvalue weighted by Gasteiger charge is -2.48. The first-order chi connectivity index (χ1) is 8.84. The molecule has 7 heteroatoms. The topological polar surface area (TPSA) is 76.1 Å². The zero-order chi connectivity index (χ0) is 14.7. The predicted octanol–water partition coefficient (Wildman–Crippen LogP) is 0.558. The van der Waals surface area contributed by atoms with Gasteiger partial charge >= 0.3 is 5.97 Å². The van der Waals surface area contributed by atoms with Gasteiger partial charge in [0.1, 0.15) is 5.70 Å². The van der Waals surface area contributed by atoms with Crippen LogP contribution in [0.3, 0.4) is 0 Å². The SMILES string of the molecule is C=C(Br)C[C@H](O)[C@H]1[C@@H](OC)C(=O)N1C(=C)C(=O)OC. The van der Waals surface area contributed by atoms with E-state index in [-0.39, 0.29) is 12.1 Å². The first kappa shape index (κ1) is 15.9. The number of aliphatic hydroxyl groups excluding tert-OH is 1. The number of rotatable bonds is 6. The number of esters is 1. The minimum Gasteiger partial charge on any atom is -0.464 e. The van der Waals surface area contributed by atoms with Gasteiger partial charge in [-0.15, -0.1) is 0 Å². The van der Waals surface area contributed by atoms with E-state index >= 15 is 0 Å². The summed E-state index contributed by atoms with van der Waals surface area (Å²) >= 11 is 3.14. The van der Waals surface area contributed by atoms with Crippen LogP contribution in [0.5, 0.6) is 0 Å². The highest BCUT2D eigenvalue weighted by Crippen LogP contribution is 2.32. The third-order valence-corrected chi connectivity index (χ3v) is 3.20. The van der Waals surface area contributed by atoms with E-state index in [0.29, 0.717) is 4.48 Å². The number of halogens is 1. The van der Waals surface area contributed by atoms with Crippen molar-refractivity contribution in [2.75, 3.05) is 14.2 Å². The molecule has 0 spiro atoms. The smallest absolute Gasteiger partial charge is 0.354 e. The quantitative estimate of drug-likeness (QED) is 0.436. The molecule has 1 heterocycles. The van der Waals surface area contributed by atoms with Crippen molar-refractivity contribution >= 4 is 27.8 Å². The van der Waals surface area contributed by atoms with Gasteiger partial charge in [0.15, 0.2) is 6.10 Å². The molecule has 1 N–H and O–H groups in total. The minimum absolute atomic E-state index is 0.120. The summed E-state index contributed by atoms with van der Waals surface area (Å²) in [5.41, 5.74) is -0.120. The van der Waals surface area contributed by atoms with Crippen molar-refractivity contribution in [3.8, 4) is 0 Å². The van der Waals surface area contributed by atoms with Crippen LogP contribution in [0.1, 0.15) is 6.42 Å². The second kappa shape index (κ2) is 6.31. The van der Waals surface area contributed by atoms with Crippen LogP contribution in [0.4, 0.5) is 0 Å². The van der Waals surface area contributed by atoms with Gasteiger partial charge in [0, 0.05) is 13.5 Å². The average Bonchev–Trinajstić information content (AvgIpc) is 2.33. The van der Waals surface area contributed by atoms with E-state index in [1.165, 1.54) is 14.2 Å². The van der Waals surface area contributed by atoms with E-state index in [2.05, 4.69) is 33.8 Å². The molecule has 1 rings (SSSR count). The Bertz CT molecular complexity index is 422. The van der Waals surface area contributed by atoms with Gasteiger partial charge in [-0.1, -0.05) is 29.1 Å². The maximum Gasteiger partial charge on any atom is 0.354 e. The molecule has 0 aromatic heterocycles. The maximum atomic E-state index is 11.8. The molecule has 0 bridgehead atoms. The number of carbonyl (C=O) groups is 2. The number of likely N-dealkylation sites (tertiary alicyclic amines) is 1. The van der Waals surface area contributed by atoms with Crippen LogP contribution in [0.2, 0.25) is 0 Å². The molecule has 0 aromatic carbocycles. The highest BCUT2D eigenvalue weighted by molar-refractivity contribution is 9.11. The molecule has 0 aliphatic carbocycles. The number of ether oxygens (including phenoxy) is 2. The summed E-state index contributed by atoms with van der Waals surface area (Å²) in [5.74, 6) is -1.15. The van der Waals surface area contributed by atoms with Gasteiger partial charge in [-0.05, 0) is 4.48 Å². The molecule has 0 unspecified atom stereocenters. The number of methoxy groups -OCH3 is 2. The molecule has 1 saturated heterocycles. The van der Waals surface area contributed by atoms with Crippen LogP contribution in [0.25, 0.3) is 0 Å². The van der Waals surface area contributed by atoms with E-state index in [4.69, 9.17) is 4.74 Å². The normalized spacial score (nSPS) is 23.6. The number of nitrogens with zero attached hydrogens (tertiary/aromatic N) is 1. The van der Waals surface area contributed by atoms with Crippen LogP contribution in [0.15, 0.2) is 23.3 Å². The van der Waals surface area contributed by atoms with Gasteiger partial charge in [0.25, 0.3) is 5.91 Å². The van der Waals surface area contributed by atoms with Crippen molar-refractivity contribution in [2.45, 2.75) is 24.7 Å². The summed E-state index contributed by atoms with van der Waals surface area (Å²) in [6.45, 7) is 7.13. The van der Waals surface area contributed by atoms with Crippen LogP contribution in [-0.4, -0.2) is 54.4 Å². The Morgan fingerprint density at radius 1 is 1.53 bits per heavy atom. The lowest BCUT2D eigenvalue weighted by atomic mass is 9.90. The molecule has 19 heavy (non-hydrogen) atoms. The highest BCUT2D eigenvalue weighted by atomic mass is 79.9. The Balaban J connectivity index is 2.90. The van der Waals surface area contributed by atoms with Crippen LogP contribution < -0.4 is 0 Å². The lowest BCUT2D eigenvalue weighted by Crippen LogP contribution is -2.69. The third kappa shape index (κ3) is 3.05. The average molecular weight is 334 g/mol. The fourth-order valence-corrected chi connectivity index (χ4v) is 2.31. The Hall–Kier alpha value is -1.18. The second-order valence-electron chi connectivity index (χ2n) is 4.08. The Morgan fingerprint density at radius 3 is 2.53 bits per heavy atom. The monoisotopic (exact) mass is 333 g/mol. The van der Waals surface area contributed by atoms with Gasteiger partial charge < -0.3 is 14.6 Å². The van der Waals surface area contributed by atoms with Gasteiger partial charge in [0.05, 0.1) is 19.3 Å². The summed E-state index contributed by atoms with van der Waals surface area (Å²) < 4.78 is 10.1. The summed E-state index contributed by atoms with van der Waals surface area (Å²) in [7, 11) is 2.56. The number of hydrogen-bond donors (Lipinski definition) is 1. The molecule has 0 aromatic rings. The Morgan fingerprint density at radius 2 is 2.11 bits per heavy atom. The first-order valence-electron chi connectivity index (χ1n) is 5.49.